The van der Waals surface area contributed by atoms with Crippen LogP contribution in [0.1, 0.15) is 20.8 Å². The van der Waals surface area contributed by atoms with E-state index in [4.69, 9.17) is 37.9 Å². The minimum Gasteiger partial charge on any atom is -0.394 e. The van der Waals surface area contributed by atoms with Crippen molar-refractivity contribution in [1.29, 1.82) is 0 Å². The Labute approximate surface area is 241 Å². The summed E-state index contributed by atoms with van der Waals surface area (Å²) in [6.45, 7) is 4.37. The summed E-state index contributed by atoms with van der Waals surface area (Å²) in [5.74, 6) is 0.112. The molecule has 4 heterocycles. The van der Waals surface area contributed by atoms with Gasteiger partial charge in [-0.25, -0.2) is 0 Å². The van der Waals surface area contributed by atoms with Crippen LogP contribution in [0.4, 0.5) is 0 Å². The lowest BCUT2D eigenvalue weighted by atomic mass is 9.95. The zero-order chi connectivity index (χ0) is 30.7. The van der Waals surface area contributed by atoms with Crippen LogP contribution in [0.25, 0.3) is 10.4 Å². The number of azide groups is 1. The first-order valence-electron chi connectivity index (χ1n) is 13.8. The first-order chi connectivity index (χ1) is 20.0. The normalized spacial score (nSPS) is 48.0. The van der Waals surface area contributed by atoms with Crippen molar-refractivity contribution >= 4 is 0 Å². The molecule has 0 bridgehead atoms. The van der Waals surface area contributed by atoms with Gasteiger partial charge in [0.2, 0.25) is 0 Å². The predicted octanol–water partition coefficient (Wildman–Crippen LogP) is -3.17. The molecule has 16 unspecified atom stereocenters. The maximum atomic E-state index is 11.0. The van der Waals surface area contributed by atoms with Crippen LogP contribution in [0.5, 0.6) is 0 Å². The standard InChI is InChI=1S/C24H41N3O15/c1-8(2)6-36-22-13(26-27-25)21(20-12(40-22)7-35-9(3)37-20)42-24-18(34)16(32)19(11(5-29)39-24)41-23-17(33)15(31)14(30)10(4-28)38-23/h8-24,28-34H,4-7H2,1-3H3. The number of aliphatic hydroxyl groups excluding tert-OH is 7. The van der Waals surface area contributed by atoms with E-state index in [9.17, 15) is 41.3 Å². The molecule has 16 atom stereocenters. The molecule has 0 saturated carbocycles. The summed E-state index contributed by atoms with van der Waals surface area (Å²) in [4.78, 5) is 2.90. The lowest BCUT2D eigenvalue weighted by molar-refractivity contribution is -0.385. The fourth-order valence-corrected chi connectivity index (χ4v) is 5.27. The first-order valence-corrected chi connectivity index (χ1v) is 13.8. The third-order valence-corrected chi connectivity index (χ3v) is 7.49. The Bertz CT molecular complexity index is 910. The van der Waals surface area contributed by atoms with Crippen molar-refractivity contribution in [2.75, 3.05) is 26.4 Å². The molecule has 0 radical (unpaired) electrons. The van der Waals surface area contributed by atoms with Crippen molar-refractivity contribution in [3.63, 3.8) is 0 Å². The quantitative estimate of drug-likeness (QED) is 0.0730. The smallest absolute Gasteiger partial charge is 0.187 e. The Kier molecular flexibility index (Phi) is 11.7. The van der Waals surface area contributed by atoms with Gasteiger partial charge in [-0.3, -0.25) is 0 Å². The second-order valence-electron chi connectivity index (χ2n) is 11.1. The molecule has 18 nitrogen and oxygen atoms in total. The zero-order valence-corrected chi connectivity index (χ0v) is 23.4. The van der Waals surface area contributed by atoms with E-state index in [0.717, 1.165) is 0 Å². The number of nitrogens with zero attached hydrogens (tertiary/aromatic N) is 3. The minimum absolute atomic E-state index is 0.0984. The molecule has 7 N–H and O–H groups in total. The molecule has 0 amide bonds. The van der Waals surface area contributed by atoms with Crippen LogP contribution in [0.15, 0.2) is 5.11 Å². The van der Waals surface area contributed by atoms with Gasteiger partial charge in [-0.1, -0.05) is 19.0 Å². The van der Waals surface area contributed by atoms with E-state index in [1.807, 2.05) is 13.8 Å². The molecule has 4 saturated heterocycles. The summed E-state index contributed by atoms with van der Waals surface area (Å²) in [7, 11) is 0. The average Bonchev–Trinajstić information content (AvgIpc) is 2.96. The molecular formula is C24H41N3O15. The molecule has 42 heavy (non-hydrogen) atoms. The van der Waals surface area contributed by atoms with E-state index in [2.05, 4.69) is 10.0 Å². The average molecular weight is 612 g/mol. The maximum absolute atomic E-state index is 11.0. The lowest BCUT2D eigenvalue weighted by Crippen LogP contribution is -2.67. The van der Waals surface area contributed by atoms with E-state index in [1.54, 1.807) is 6.92 Å². The molecule has 4 fully saturated rings. The minimum atomic E-state index is -1.82. The van der Waals surface area contributed by atoms with Gasteiger partial charge in [0.05, 0.1) is 26.4 Å². The van der Waals surface area contributed by atoms with E-state index in [0.29, 0.717) is 0 Å². The predicted molar refractivity (Wildman–Crippen MR) is 134 cm³/mol. The Morgan fingerprint density at radius 2 is 1.43 bits per heavy atom. The largest absolute Gasteiger partial charge is 0.394 e. The van der Waals surface area contributed by atoms with Crippen LogP contribution in [-0.2, 0) is 37.9 Å². The van der Waals surface area contributed by atoms with Gasteiger partial charge in [-0.05, 0) is 18.4 Å². The van der Waals surface area contributed by atoms with Crippen molar-refractivity contribution in [2.24, 2.45) is 11.0 Å². The van der Waals surface area contributed by atoms with Gasteiger partial charge >= 0.3 is 0 Å². The van der Waals surface area contributed by atoms with Gasteiger partial charge in [0.1, 0.15) is 73.2 Å². The Morgan fingerprint density at radius 1 is 0.810 bits per heavy atom. The third kappa shape index (κ3) is 7.16. The molecule has 0 aromatic carbocycles. The number of aliphatic hydroxyl groups is 7. The SMILES string of the molecule is CC(C)COC1OC2COC(C)OC2C(OC2OC(CO)C(OC3OC(CO)C(O)C(O)C3O)C(O)C2O)C1N=[N+]=[N-]. The van der Waals surface area contributed by atoms with Crippen molar-refractivity contribution in [1.82, 2.24) is 0 Å². The van der Waals surface area contributed by atoms with Crippen LogP contribution in [0, 0.1) is 5.92 Å². The van der Waals surface area contributed by atoms with Gasteiger partial charge in [-0.2, -0.15) is 0 Å². The number of rotatable bonds is 10. The summed E-state index contributed by atoms with van der Waals surface area (Å²) in [5, 5.41) is 75.8. The Balaban J connectivity index is 1.53. The van der Waals surface area contributed by atoms with Crippen molar-refractivity contribution < 1.29 is 73.6 Å². The number of hydrogen-bond acceptors (Lipinski definition) is 16. The third-order valence-electron chi connectivity index (χ3n) is 7.49. The van der Waals surface area contributed by atoms with Crippen LogP contribution >= 0.6 is 0 Å². The van der Waals surface area contributed by atoms with E-state index in [1.165, 1.54) is 0 Å². The molecule has 18 heteroatoms. The van der Waals surface area contributed by atoms with Crippen LogP contribution in [0.2, 0.25) is 0 Å². The highest BCUT2D eigenvalue weighted by molar-refractivity contribution is 5.00. The fraction of sp³-hybridized carbons (Fsp3) is 1.00. The molecule has 242 valence electrons. The summed E-state index contributed by atoms with van der Waals surface area (Å²) in [5.41, 5.74) is 9.32. The monoisotopic (exact) mass is 611 g/mol. The van der Waals surface area contributed by atoms with Gasteiger partial charge < -0.3 is 73.6 Å². The highest BCUT2D eigenvalue weighted by Crippen LogP contribution is 2.36. The molecule has 0 spiro atoms. The lowest BCUT2D eigenvalue weighted by Gasteiger charge is -2.50. The van der Waals surface area contributed by atoms with E-state index >= 15 is 0 Å². The van der Waals surface area contributed by atoms with Gasteiger partial charge in [-0.15, -0.1) is 0 Å². The summed E-state index contributed by atoms with van der Waals surface area (Å²) in [6, 6.07) is -1.12. The molecule has 4 aliphatic heterocycles. The van der Waals surface area contributed by atoms with Gasteiger partial charge in [0.15, 0.2) is 25.2 Å². The Morgan fingerprint density at radius 3 is 2.05 bits per heavy atom. The topological polar surface area (TPSA) is 264 Å². The number of fused-ring (bicyclic) bond motifs is 1. The highest BCUT2D eigenvalue weighted by atomic mass is 16.8. The van der Waals surface area contributed by atoms with E-state index in [-0.39, 0.29) is 19.1 Å². The van der Waals surface area contributed by atoms with Crippen LogP contribution < -0.4 is 0 Å². The second kappa shape index (κ2) is 14.7. The highest BCUT2D eigenvalue weighted by Gasteiger charge is 2.55. The molecule has 0 aliphatic carbocycles. The van der Waals surface area contributed by atoms with Crippen LogP contribution in [-0.4, -0.2) is 161 Å². The van der Waals surface area contributed by atoms with Crippen LogP contribution in [0.3, 0.4) is 0 Å². The maximum Gasteiger partial charge on any atom is 0.187 e. The molecule has 0 aromatic rings. The summed E-state index contributed by atoms with van der Waals surface area (Å²) >= 11 is 0. The number of ether oxygens (including phenoxy) is 8. The van der Waals surface area contributed by atoms with Gasteiger partial charge in [0.25, 0.3) is 0 Å². The van der Waals surface area contributed by atoms with Crippen molar-refractivity contribution in [2.45, 2.75) is 119 Å². The zero-order valence-electron chi connectivity index (χ0n) is 23.4. The summed E-state index contributed by atoms with van der Waals surface area (Å²) in [6.07, 6.45) is -20.8. The molecular weight excluding hydrogens is 570 g/mol. The number of hydrogen-bond donors (Lipinski definition) is 7. The molecule has 4 rings (SSSR count). The van der Waals surface area contributed by atoms with Crippen molar-refractivity contribution in [3.8, 4) is 0 Å². The first kappa shape index (κ1) is 33.6. The van der Waals surface area contributed by atoms with Crippen molar-refractivity contribution in [3.05, 3.63) is 10.4 Å². The Hall–Kier alpha value is -1.29. The second-order valence-corrected chi connectivity index (χ2v) is 11.1. The van der Waals surface area contributed by atoms with E-state index < -0.39 is 112 Å². The molecule has 0 aromatic heterocycles. The van der Waals surface area contributed by atoms with Gasteiger partial charge in [0, 0.05) is 4.91 Å². The molecule has 4 aliphatic rings. The fourth-order valence-electron chi connectivity index (χ4n) is 5.27. The summed E-state index contributed by atoms with van der Waals surface area (Å²) < 4.78 is 46.1.